The van der Waals surface area contributed by atoms with Gasteiger partial charge < -0.3 is 15.1 Å². The summed E-state index contributed by atoms with van der Waals surface area (Å²) in [7, 11) is 1.83. The molecule has 0 bridgehead atoms. The minimum atomic E-state index is -0.255. The minimum Gasteiger partial charge on any atom is -0.438 e. The Morgan fingerprint density at radius 1 is 1.29 bits per heavy atom. The van der Waals surface area contributed by atoms with Crippen molar-refractivity contribution in [1.82, 2.24) is 15.6 Å². The SMILES string of the molecule is CNCC(C)C(=O)NC(C)c1ncc(-c2ccccc2)o1. The first-order chi connectivity index (χ1) is 10.1. The predicted octanol–water partition coefficient (Wildman–Crippen LogP) is 2.37. The summed E-state index contributed by atoms with van der Waals surface area (Å²) in [5, 5.41) is 5.90. The van der Waals surface area contributed by atoms with E-state index < -0.39 is 0 Å². The molecule has 21 heavy (non-hydrogen) atoms. The van der Waals surface area contributed by atoms with Crippen molar-refractivity contribution in [3.05, 3.63) is 42.4 Å². The second-order valence-corrected chi connectivity index (χ2v) is 5.12. The molecule has 1 aromatic heterocycles. The first-order valence-corrected chi connectivity index (χ1v) is 7.08. The van der Waals surface area contributed by atoms with E-state index in [1.54, 1.807) is 6.20 Å². The van der Waals surface area contributed by atoms with Crippen LogP contribution in [0.3, 0.4) is 0 Å². The highest BCUT2D eigenvalue weighted by Gasteiger charge is 2.19. The van der Waals surface area contributed by atoms with Crippen molar-refractivity contribution < 1.29 is 9.21 Å². The fourth-order valence-corrected chi connectivity index (χ4v) is 2.04. The molecule has 0 fully saturated rings. The van der Waals surface area contributed by atoms with Crippen molar-refractivity contribution in [2.45, 2.75) is 19.9 Å². The molecule has 0 spiro atoms. The minimum absolute atomic E-state index is 0.0173. The second kappa shape index (κ2) is 7.04. The van der Waals surface area contributed by atoms with Crippen molar-refractivity contribution in [3.63, 3.8) is 0 Å². The van der Waals surface area contributed by atoms with Gasteiger partial charge in [-0.15, -0.1) is 0 Å². The lowest BCUT2D eigenvalue weighted by atomic mass is 10.1. The summed E-state index contributed by atoms with van der Waals surface area (Å²) >= 11 is 0. The van der Waals surface area contributed by atoms with Crippen LogP contribution in [0.4, 0.5) is 0 Å². The average Bonchev–Trinajstić information content (AvgIpc) is 2.98. The molecule has 0 aliphatic rings. The Morgan fingerprint density at radius 3 is 2.67 bits per heavy atom. The summed E-state index contributed by atoms with van der Waals surface area (Å²) in [6, 6.07) is 9.51. The van der Waals surface area contributed by atoms with Gasteiger partial charge in [-0.1, -0.05) is 37.3 Å². The van der Waals surface area contributed by atoms with Crippen LogP contribution in [0.15, 0.2) is 40.9 Å². The van der Waals surface area contributed by atoms with Crippen LogP contribution in [0.1, 0.15) is 25.8 Å². The second-order valence-electron chi connectivity index (χ2n) is 5.12. The number of aromatic nitrogens is 1. The summed E-state index contributed by atoms with van der Waals surface area (Å²) in [5.74, 6) is 1.10. The molecule has 112 valence electrons. The van der Waals surface area contributed by atoms with Crippen LogP contribution in [0.25, 0.3) is 11.3 Å². The quantitative estimate of drug-likeness (QED) is 0.856. The van der Waals surface area contributed by atoms with Gasteiger partial charge in [0.15, 0.2) is 5.76 Å². The molecule has 0 saturated heterocycles. The van der Waals surface area contributed by atoms with E-state index in [9.17, 15) is 4.79 Å². The third-order valence-corrected chi connectivity index (χ3v) is 3.27. The number of hydrogen-bond acceptors (Lipinski definition) is 4. The molecule has 0 aliphatic carbocycles. The van der Waals surface area contributed by atoms with E-state index >= 15 is 0 Å². The van der Waals surface area contributed by atoms with Crippen molar-refractivity contribution >= 4 is 5.91 Å². The lowest BCUT2D eigenvalue weighted by Crippen LogP contribution is -2.35. The van der Waals surface area contributed by atoms with E-state index in [2.05, 4.69) is 15.6 Å². The van der Waals surface area contributed by atoms with Gasteiger partial charge in [0.2, 0.25) is 11.8 Å². The Morgan fingerprint density at radius 2 is 2.00 bits per heavy atom. The van der Waals surface area contributed by atoms with Crippen LogP contribution in [-0.2, 0) is 4.79 Å². The third-order valence-electron chi connectivity index (χ3n) is 3.27. The molecular weight excluding hydrogens is 266 g/mol. The van der Waals surface area contributed by atoms with Gasteiger partial charge in [-0.2, -0.15) is 0 Å². The zero-order valence-corrected chi connectivity index (χ0v) is 12.6. The molecule has 1 heterocycles. The van der Waals surface area contributed by atoms with Crippen molar-refractivity contribution in [3.8, 4) is 11.3 Å². The smallest absolute Gasteiger partial charge is 0.224 e. The van der Waals surface area contributed by atoms with Crippen molar-refractivity contribution in [1.29, 1.82) is 0 Å². The molecule has 0 aliphatic heterocycles. The number of nitrogens with one attached hydrogen (secondary N) is 2. The Labute approximate surface area is 124 Å². The van der Waals surface area contributed by atoms with E-state index in [4.69, 9.17) is 4.42 Å². The first-order valence-electron chi connectivity index (χ1n) is 7.08. The summed E-state index contributed by atoms with van der Waals surface area (Å²) in [5.41, 5.74) is 0.971. The maximum atomic E-state index is 12.0. The monoisotopic (exact) mass is 287 g/mol. The molecule has 0 saturated carbocycles. The van der Waals surface area contributed by atoms with Gasteiger partial charge in [-0.25, -0.2) is 4.98 Å². The molecule has 2 atom stereocenters. The predicted molar refractivity (Wildman–Crippen MR) is 81.6 cm³/mol. The van der Waals surface area contributed by atoms with E-state index in [-0.39, 0.29) is 17.9 Å². The lowest BCUT2D eigenvalue weighted by molar-refractivity contribution is -0.125. The molecule has 5 nitrogen and oxygen atoms in total. The van der Waals surface area contributed by atoms with Crippen LogP contribution in [0, 0.1) is 5.92 Å². The summed E-state index contributed by atoms with van der Waals surface area (Å²) < 4.78 is 5.73. The molecule has 2 N–H and O–H groups in total. The molecule has 1 aromatic carbocycles. The number of carbonyl (C=O) groups excluding carboxylic acids is 1. The zero-order valence-electron chi connectivity index (χ0n) is 12.6. The largest absolute Gasteiger partial charge is 0.438 e. The maximum Gasteiger partial charge on any atom is 0.224 e. The summed E-state index contributed by atoms with van der Waals surface area (Å²) in [6.45, 7) is 4.38. The molecule has 0 radical (unpaired) electrons. The average molecular weight is 287 g/mol. The number of carbonyl (C=O) groups is 1. The number of rotatable bonds is 6. The van der Waals surface area contributed by atoms with Crippen LogP contribution < -0.4 is 10.6 Å². The van der Waals surface area contributed by atoms with Crippen LogP contribution in [-0.4, -0.2) is 24.5 Å². The fourth-order valence-electron chi connectivity index (χ4n) is 2.04. The van der Waals surface area contributed by atoms with E-state index in [0.29, 0.717) is 18.2 Å². The molecule has 5 heteroatoms. The Hall–Kier alpha value is -2.14. The molecule has 1 amide bonds. The van der Waals surface area contributed by atoms with Gasteiger partial charge in [-0.05, 0) is 14.0 Å². The normalized spacial score (nSPS) is 13.7. The number of oxazole rings is 1. The molecular formula is C16H21N3O2. The first kappa shape index (κ1) is 15.3. The summed E-state index contributed by atoms with van der Waals surface area (Å²) in [4.78, 5) is 16.2. The Kier molecular flexibility index (Phi) is 5.11. The number of nitrogens with zero attached hydrogens (tertiary/aromatic N) is 1. The van der Waals surface area contributed by atoms with Crippen LogP contribution in [0.5, 0.6) is 0 Å². The van der Waals surface area contributed by atoms with Gasteiger partial charge in [0.05, 0.1) is 6.20 Å². The van der Waals surface area contributed by atoms with Gasteiger partial charge in [0.25, 0.3) is 0 Å². The Balaban J connectivity index is 2.02. The zero-order chi connectivity index (χ0) is 15.2. The van der Waals surface area contributed by atoms with Gasteiger partial charge >= 0.3 is 0 Å². The third kappa shape index (κ3) is 3.92. The lowest BCUT2D eigenvalue weighted by Gasteiger charge is -2.15. The number of benzene rings is 1. The number of hydrogen-bond donors (Lipinski definition) is 2. The van der Waals surface area contributed by atoms with E-state index in [1.165, 1.54) is 0 Å². The number of amides is 1. The standard InChI is InChI=1S/C16H21N3O2/c1-11(9-17-3)15(20)19-12(2)16-18-10-14(21-16)13-7-5-4-6-8-13/h4-8,10-12,17H,9H2,1-3H3,(H,19,20). The highest BCUT2D eigenvalue weighted by molar-refractivity contribution is 5.78. The molecule has 2 unspecified atom stereocenters. The maximum absolute atomic E-state index is 12.0. The topological polar surface area (TPSA) is 67.2 Å². The van der Waals surface area contributed by atoms with Gasteiger partial charge in [0, 0.05) is 18.0 Å². The molecule has 2 aromatic rings. The molecule has 2 rings (SSSR count). The van der Waals surface area contributed by atoms with Gasteiger partial charge in [-0.3, -0.25) is 4.79 Å². The van der Waals surface area contributed by atoms with Crippen molar-refractivity contribution in [2.75, 3.05) is 13.6 Å². The van der Waals surface area contributed by atoms with E-state index in [1.807, 2.05) is 51.2 Å². The van der Waals surface area contributed by atoms with Gasteiger partial charge in [0.1, 0.15) is 6.04 Å². The van der Waals surface area contributed by atoms with Crippen LogP contribution in [0.2, 0.25) is 0 Å². The summed E-state index contributed by atoms with van der Waals surface area (Å²) in [6.07, 6.45) is 1.68. The fraction of sp³-hybridized carbons (Fsp3) is 0.375. The highest BCUT2D eigenvalue weighted by Crippen LogP contribution is 2.22. The van der Waals surface area contributed by atoms with Crippen molar-refractivity contribution in [2.24, 2.45) is 5.92 Å². The Bertz CT molecular complexity index is 580. The van der Waals surface area contributed by atoms with E-state index in [0.717, 1.165) is 5.56 Å². The highest BCUT2D eigenvalue weighted by atomic mass is 16.4. The van der Waals surface area contributed by atoms with Crippen LogP contribution >= 0.6 is 0 Å².